The molecule has 4 fully saturated rings. The zero-order valence-electron chi connectivity index (χ0n) is 18.5. The standard InChI is InChI=1S/C24H30N4O5/c25-20(26)16-9-7-15(8-10-16)19-17-18(24(33-23(31)32)11-4-12-28(19)24)22(30)27(21(17)29)13-14-5-2-1-3-6-14/h7-10,14,17-19H,1-6,11-13H2,(H3,25,26)(H,31,32). The number of carbonyl (C=O) groups excluding carboxylic acids is 2. The first-order valence-corrected chi connectivity index (χ1v) is 11.8. The van der Waals surface area contributed by atoms with E-state index < -0.39 is 29.8 Å². The summed E-state index contributed by atoms with van der Waals surface area (Å²) < 4.78 is 5.50. The second-order valence-electron chi connectivity index (χ2n) is 9.78. The summed E-state index contributed by atoms with van der Waals surface area (Å²) in [6, 6.07) is 6.61. The number of fused-ring (bicyclic) bond motifs is 3. The van der Waals surface area contributed by atoms with Gasteiger partial charge in [-0.25, -0.2) is 4.79 Å². The molecular weight excluding hydrogens is 424 g/mol. The predicted molar refractivity (Wildman–Crippen MR) is 118 cm³/mol. The van der Waals surface area contributed by atoms with Crippen molar-refractivity contribution in [2.24, 2.45) is 23.5 Å². The highest BCUT2D eigenvalue weighted by molar-refractivity contribution is 6.07. The van der Waals surface area contributed by atoms with Crippen LogP contribution in [0.25, 0.3) is 0 Å². The molecule has 5 rings (SSSR count). The van der Waals surface area contributed by atoms with Gasteiger partial charge in [-0.05, 0) is 30.7 Å². The van der Waals surface area contributed by atoms with Gasteiger partial charge in [-0.3, -0.25) is 24.8 Å². The van der Waals surface area contributed by atoms with Crippen molar-refractivity contribution < 1.29 is 24.2 Å². The molecule has 1 aliphatic carbocycles. The lowest BCUT2D eigenvalue weighted by Crippen LogP contribution is -2.51. The van der Waals surface area contributed by atoms with Gasteiger partial charge >= 0.3 is 6.16 Å². The minimum atomic E-state index is -1.43. The number of nitrogens with one attached hydrogen (secondary N) is 1. The van der Waals surface area contributed by atoms with Crippen LogP contribution in [0.2, 0.25) is 0 Å². The molecule has 4 N–H and O–H groups in total. The van der Waals surface area contributed by atoms with Gasteiger partial charge in [0.05, 0.1) is 12.0 Å². The second-order valence-corrected chi connectivity index (χ2v) is 9.78. The summed E-state index contributed by atoms with van der Waals surface area (Å²) in [5.41, 5.74) is 5.63. The molecule has 4 atom stereocenters. The fraction of sp³-hybridized carbons (Fsp3) is 0.583. The summed E-state index contributed by atoms with van der Waals surface area (Å²) in [4.78, 5) is 42.4. The van der Waals surface area contributed by atoms with Gasteiger partial charge in [-0.2, -0.15) is 0 Å². The molecule has 2 amide bonds. The molecule has 1 aromatic rings. The zero-order valence-corrected chi connectivity index (χ0v) is 18.5. The average molecular weight is 455 g/mol. The number of nitrogen functional groups attached to an aromatic ring is 1. The van der Waals surface area contributed by atoms with Gasteiger partial charge in [-0.1, -0.05) is 43.5 Å². The zero-order chi connectivity index (χ0) is 23.3. The van der Waals surface area contributed by atoms with E-state index in [0.717, 1.165) is 31.2 Å². The van der Waals surface area contributed by atoms with Crippen LogP contribution >= 0.6 is 0 Å². The molecule has 0 bridgehead atoms. The van der Waals surface area contributed by atoms with Gasteiger partial charge in [-0.15, -0.1) is 0 Å². The van der Waals surface area contributed by atoms with Crippen LogP contribution < -0.4 is 5.73 Å². The lowest BCUT2D eigenvalue weighted by Gasteiger charge is -2.37. The molecule has 4 aliphatic rings. The van der Waals surface area contributed by atoms with Crippen LogP contribution in [0.5, 0.6) is 0 Å². The summed E-state index contributed by atoms with van der Waals surface area (Å²) in [6.45, 7) is 0.951. The Kier molecular flexibility index (Phi) is 5.39. The number of likely N-dealkylation sites (tertiary alicyclic amines) is 1. The Bertz CT molecular complexity index is 989. The Morgan fingerprint density at radius 2 is 1.82 bits per heavy atom. The average Bonchev–Trinajstić information content (AvgIpc) is 3.38. The van der Waals surface area contributed by atoms with E-state index in [2.05, 4.69) is 0 Å². The second kappa shape index (κ2) is 8.13. The summed E-state index contributed by atoms with van der Waals surface area (Å²) in [5, 5.41) is 17.2. The van der Waals surface area contributed by atoms with Crippen LogP contribution in [0.3, 0.4) is 0 Å². The van der Waals surface area contributed by atoms with Crippen LogP contribution in [0, 0.1) is 23.2 Å². The Balaban J connectivity index is 1.54. The van der Waals surface area contributed by atoms with Gasteiger partial charge in [0.25, 0.3) is 0 Å². The van der Waals surface area contributed by atoms with Crippen molar-refractivity contribution in [2.75, 3.05) is 13.1 Å². The number of ether oxygens (including phenoxy) is 1. The monoisotopic (exact) mass is 454 g/mol. The van der Waals surface area contributed by atoms with Crippen LogP contribution in [0.4, 0.5) is 4.79 Å². The minimum Gasteiger partial charge on any atom is -0.450 e. The van der Waals surface area contributed by atoms with Crippen molar-refractivity contribution in [3.8, 4) is 0 Å². The van der Waals surface area contributed by atoms with Crippen LogP contribution in [0.1, 0.15) is 62.1 Å². The Morgan fingerprint density at radius 1 is 1.12 bits per heavy atom. The molecule has 1 saturated carbocycles. The highest BCUT2D eigenvalue weighted by Gasteiger charge is 2.72. The van der Waals surface area contributed by atoms with E-state index >= 15 is 0 Å². The lowest BCUT2D eigenvalue weighted by atomic mass is 9.83. The normalized spacial score (nSPS) is 32.1. The maximum Gasteiger partial charge on any atom is 0.507 e. The third-order valence-corrected chi connectivity index (χ3v) is 8.02. The molecule has 3 saturated heterocycles. The predicted octanol–water partition coefficient (Wildman–Crippen LogP) is 2.69. The van der Waals surface area contributed by atoms with Crippen LogP contribution in [-0.4, -0.2) is 57.5 Å². The van der Waals surface area contributed by atoms with E-state index in [0.29, 0.717) is 37.4 Å². The molecule has 9 heteroatoms. The molecule has 3 aliphatic heterocycles. The van der Waals surface area contributed by atoms with Crippen molar-refractivity contribution in [3.63, 3.8) is 0 Å². The Morgan fingerprint density at radius 3 is 2.45 bits per heavy atom. The van der Waals surface area contributed by atoms with Crippen LogP contribution in [0.15, 0.2) is 24.3 Å². The number of carbonyl (C=O) groups is 3. The topological polar surface area (TPSA) is 137 Å². The first-order valence-electron chi connectivity index (χ1n) is 11.8. The molecule has 3 heterocycles. The molecule has 0 radical (unpaired) electrons. The molecule has 33 heavy (non-hydrogen) atoms. The number of nitrogens with two attached hydrogens (primary N) is 1. The molecule has 0 aromatic heterocycles. The largest absolute Gasteiger partial charge is 0.507 e. The Labute approximate surface area is 192 Å². The third-order valence-electron chi connectivity index (χ3n) is 8.02. The van der Waals surface area contributed by atoms with E-state index in [1.54, 1.807) is 12.1 Å². The number of hydrogen-bond acceptors (Lipinski definition) is 6. The van der Waals surface area contributed by atoms with E-state index in [1.807, 2.05) is 17.0 Å². The van der Waals surface area contributed by atoms with Crippen molar-refractivity contribution >= 4 is 23.8 Å². The number of nitrogens with zero attached hydrogens (tertiary/aromatic N) is 2. The fourth-order valence-electron chi connectivity index (χ4n) is 6.66. The van der Waals surface area contributed by atoms with E-state index in [1.165, 1.54) is 11.3 Å². The molecule has 4 unspecified atom stereocenters. The summed E-state index contributed by atoms with van der Waals surface area (Å²) in [5.74, 6) is -1.81. The van der Waals surface area contributed by atoms with Crippen LogP contribution in [-0.2, 0) is 14.3 Å². The van der Waals surface area contributed by atoms with E-state index in [-0.39, 0.29) is 17.6 Å². The first kappa shape index (κ1) is 21.9. The molecule has 0 spiro atoms. The summed E-state index contributed by atoms with van der Waals surface area (Å²) in [6.07, 6.45) is 5.06. The van der Waals surface area contributed by atoms with Gasteiger partial charge in [0.1, 0.15) is 11.8 Å². The highest BCUT2D eigenvalue weighted by Crippen LogP contribution is 2.59. The SMILES string of the molecule is N=C(N)c1ccc(C2C3C(=O)N(CC4CCCCC4)C(=O)C3C3(OC(=O)O)CCCN23)cc1. The number of hydrogen-bond donors (Lipinski definition) is 3. The summed E-state index contributed by atoms with van der Waals surface area (Å²) in [7, 11) is 0. The van der Waals surface area contributed by atoms with Crippen molar-refractivity contribution in [1.29, 1.82) is 5.41 Å². The van der Waals surface area contributed by atoms with Gasteiger partial charge in [0.2, 0.25) is 11.8 Å². The smallest absolute Gasteiger partial charge is 0.450 e. The van der Waals surface area contributed by atoms with Crippen molar-refractivity contribution in [1.82, 2.24) is 9.80 Å². The molecular formula is C24H30N4O5. The lowest BCUT2D eigenvalue weighted by molar-refractivity contribution is -0.154. The highest BCUT2D eigenvalue weighted by atomic mass is 16.7. The number of imide groups is 1. The molecule has 1 aromatic carbocycles. The fourth-order valence-corrected chi connectivity index (χ4v) is 6.66. The van der Waals surface area contributed by atoms with Crippen molar-refractivity contribution in [2.45, 2.75) is 56.7 Å². The van der Waals surface area contributed by atoms with E-state index in [9.17, 15) is 19.5 Å². The number of carboxylic acid groups (broad SMARTS) is 1. The number of benzene rings is 1. The third kappa shape index (κ3) is 3.40. The maximum absolute atomic E-state index is 13.7. The molecule has 9 nitrogen and oxygen atoms in total. The quantitative estimate of drug-likeness (QED) is 0.269. The van der Waals surface area contributed by atoms with Crippen molar-refractivity contribution in [3.05, 3.63) is 35.4 Å². The van der Waals surface area contributed by atoms with E-state index in [4.69, 9.17) is 15.9 Å². The number of rotatable bonds is 5. The number of amides is 2. The first-order chi connectivity index (χ1) is 15.8. The van der Waals surface area contributed by atoms with Gasteiger partial charge in [0.15, 0.2) is 5.72 Å². The Hall–Kier alpha value is -2.94. The van der Waals surface area contributed by atoms with Gasteiger partial charge < -0.3 is 15.6 Å². The number of amidine groups is 1. The molecule has 176 valence electrons. The summed E-state index contributed by atoms with van der Waals surface area (Å²) >= 11 is 0. The van der Waals surface area contributed by atoms with Gasteiger partial charge in [0, 0.05) is 25.1 Å². The maximum atomic E-state index is 13.7. The minimum absolute atomic E-state index is 0.0543.